The van der Waals surface area contributed by atoms with Crippen molar-refractivity contribution >= 4 is 58.0 Å². The number of thiazole rings is 1. The number of amides is 5. The summed E-state index contributed by atoms with van der Waals surface area (Å²) in [4.78, 5) is 87.9. The molecule has 0 unspecified atom stereocenters. The van der Waals surface area contributed by atoms with Gasteiger partial charge in [0.15, 0.2) is 11.5 Å². The van der Waals surface area contributed by atoms with Crippen molar-refractivity contribution in [2.24, 2.45) is 5.92 Å². The molecule has 2 aromatic carbocycles. The molecule has 4 atom stereocenters. The number of benzene rings is 2. The summed E-state index contributed by atoms with van der Waals surface area (Å²) in [5.74, 6) is -2.11. The largest absolute Gasteiger partial charge is 0.391 e. The Bertz CT molecular complexity index is 3330. The molecule has 0 bridgehead atoms. The number of aliphatic hydroxyl groups excluding tert-OH is 1. The second-order valence-electron chi connectivity index (χ2n) is 21.0. The summed E-state index contributed by atoms with van der Waals surface area (Å²) >= 11 is 1.51. The number of H-pyrrole nitrogens is 1. The van der Waals surface area contributed by atoms with Gasteiger partial charge in [-0.15, -0.1) is 11.3 Å². The molecular formula is C56H65FN14O8S. The number of imidazole rings is 1. The number of likely N-dealkylation sites (tertiary alicyclic amines) is 1. The van der Waals surface area contributed by atoms with Crippen LogP contribution in [-0.2, 0) is 23.9 Å². The number of anilines is 2. The first kappa shape index (κ1) is 55.4. The van der Waals surface area contributed by atoms with Crippen molar-refractivity contribution in [1.29, 1.82) is 0 Å². The third kappa shape index (κ3) is 12.9. The highest BCUT2D eigenvalue weighted by Crippen LogP contribution is 2.41. The molecule has 1 saturated carbocycles. The second kappa shape index (κ2) is 24.6. The van der Waals surface area contributed by atoms with Crippen LogP contribution < -0.4 is 21.3 Å². The van der Waals surface area contributed by atoms with E-state index in [0.29, 0.717) is 60.6 Å². The van der Waals surface area contributed by atoms with E-state index < -0.39 is 35.8 Å². The van der Waals surface area contributed by atoms with Gasteiger partial charge in [-0.25, -0.2) is 19.3 Å². The van der Waals surface area contributed by atoms with Crippen molar-refractivity contribution in [3.8, 4) is 21.7 Å². The number of fused-ring (bicyclic) bond motifs is 1. The fourth-order valence-electron chi connectivity index (χ4n) is 10.3. The number of rotatable bonds is 22. The maximum atomic E-state index is 15.7. The normalized spacial score (nSPS) is 17.4. The van der Waals surface area contributed by atoms with Gasteiger partial charge in [0.05, 0.1) is 89.6 Å². The molecule has 22 nitrogen and oxygen atoms in total. The van der Waals surface area contributed by atoms with Gasteiger partial charge in [0.2, 0.25) is 23.6 Å². The minimum absolute atomic E-state index is 0.0278. The fourth-order valence-corrected chi connectivity index (χ4v) is 11.1. The average Bonchev–Trinajstić information content (AvgIpc) is 3.96. The average molecular weight is 1110 g/mol. The van der Waals surface area contributed by atoms with Crippen molar-refractivity contribution in [3.63, 3.8) is 0 Å². The van der Waals surface area contributed by atoms with Crippen LogP contribution in [0.3, 0.4) is 0 Å². The minimum atomic E-state index is -0.991. The van der Waals surface area contributed by atoms with Gasteiger partial charge in [-0.1, -0.05) is 43.3 Å². The van der Waals surface area contributed by atoms with Crippen molar-refractivity contribution in [1.82, 2.24) is 65.4 Å². The third-order valence-corrected chi connectivity index (χ3v) is 15.7. The first-order valence-electron chi connectivity index (χ1n) is 27.0. The number of hydrogen-bond donors (Lipinski definition) is 6. The molecule has 6 N–H and O–H groups in total. The lowest BCUT2D eigenvalue weighted by molar-refractivity contribution is -0.141. The van der Waals surface area contributed by atoms with E-state index in [-0.39, 0.29) is 93.0 Å². The monoisotopic (exact) mass is 1110 g/mol. The number of aryl methyl sites for hydroxylation is 2. The molecule has 5 aromatic heterocycles. The first-order chi connectivity index (χ1) is 38.7. The maximum absolute atomic E-state index is 15.7. The molecule has 420 valence electrons. The lowest BCUT2D eigenvalue weighted by atomic mass is 9.91. The Morgan fingerprint density at radius 2 is 1.70 bits per heavy atom. The van der Waals surface area contributed by atoms with Gasteiger partial charge in [0, 0.05) is 87.7 Å². The van der Waals surface area contributed by atoms with Gasteiger partial charge >= 0.3 is 0 Å². The lowest BCUT2D eigenvalue weighted by Gasteiger charge is -2.34. The molecule has 0 radical (unpaired) electrons. The molecule has 3 fully saturated rings. The van der Waals surface area contributed by atoms with Crippen LogP contribution in [0.25, 0.3) is 27.3 Å². The van der Waals surface area contributed by atoms with Crippen molar-refractivity contribution in [2.45, 2.75) is 83.4 Å². The van der Waals surface area contributed by atoms with E-state index >= 15 is 4.39 Å². The molecule has 3 aliphatic rings. The Labute approximate surface area is 464 Å². The van der Waals surface area contributed by atoms with E-state index in [9.17, 15) is 29.1 Å². The first-order valence-corrected chi connectivity index (χ1v) is 27.8. The van der Waals surface area contributed by atoms with Gasteiger partial charge in [-0.2, -0.15) is 5.10 Å². The minimum Gasteiger partial charge on any atom is -0.391 e. The quantitative estimate of drug-likeness (QED) is 0.0473. The molecule has 2 aliphatic heterocycles. The summed E-state index contributed by atoms with van der Waals surface area (Å²) in [6.07, 6.45) is 8.23. The number of nitrogens with zero attached hydrogens (tertiary/aromatic N) is 9. The molecular weight excluding hydrogens is 1050 g/mol. The zero-order valence-electron chi connectivity index (χ0n) is 45.0. The molecule has 1 aliphatic carbocycles. The third-order valence-electron chi connectivity index (χ3n) is 14.7. The predicted molar refractivity (Wildman–Crippen MR) is 294 cm³/mol. The van der Waals surface area contributed by atoms with Crippen LogP contribution >= 0.6 is 11.3 Å². The Kier molecular flexibility index (Phi) is 17.0. The number of β-amino-alcohol motifs (C(OH)–C–C–N with tert-alkyl or cyclic N) is 1. The molecule has 7 heterocycles. The lowest BCUT2D eigenvalue weighted by Crippen LogP contribution is -2.51. The Balaban J connectivity index is 0.659. The number of aromatic nitrogens is 7. The van der Waals surface area contributed by atoms with E-state index in [1.54, 1.807) is 48.1 Å². The standard InChI is InChI=1S/C56H65FN14O8S/c1-32(2)50(47-21-33(3)67-79-47)56(77)71-28-40(72)23-45(71)54(75)66-43(35-7-9-37(10-8-35)51-34(4)61-31-80-51)24-48(73)58-13-19-78-20-14-59-49(74)30-68-15-17-69(18-16-68)55(76)38-11-12-42(41(57)22-38)64-52-53-60-27-46(39-25-62-63-26-39)70(53)29-44(65-52)36-5-6-36/h7-12,21-22,25-27,29,31-32,36,40,43,45,50,72H,5-6,13-20,23-24,28,30H2,1-4H3,(H,58,73)(H,59,74)(H,62,63)(H,64,65)(H,66,75)/t40-,43+,45+,50-/m1/s1. The molecule has 7 aromatic rings. The van der Waals surface area contributed by atoms with Crippen LogP contribution in [0, 0.1) is 25.6 Å². The number of halogens is 1. The van der Waals surface area contributed by atoms with Crippen LogP contribution in [0.15, 0.2) is 83.4 Å². The second-order valence-corrected chi connectivity index (χ2v) is 21.8. The number of aromatic amines is 1. The number of nitrogens with one attached hydrogen (secondary N) is 5. The fraction of sp³-hybridized carbons (Fsp3) is 0.429. The van der Waals surface area contributed by atoms with Crippen LogP contribution in [0.5, 0.6) is 0 Å². The summed E-state index contributed by atoms with van der Waals surface area (Å²) < 4.78 is 28.8. The number of piperazine rings is 1. The van der Waals surface area contributed by atoms with Gasteiger partial charge in [0.1, 0.15) is 23.5 Å². The Hall–Kier alpha value is -7.93. The van der Waals surface area contributed by atoms with Gasteiger partial charge < -0.3 is 45.4 Å². The summed E-state index contributed by atoms with van der Waals surface area (Å²) in [6.45, 7) is 9.93. The van der Waals surface area contributed by atoms with Gasteiger partial charge in [-0.05, 0) is 61.9 Å². The smallest absolute Gasteiger partial charge is 0.254 e. The van der Waals surface area contributed by atoms with E-state index in [4.69, 9.17) is 14.2 Å². The molecule has 10 rings (SSSR count). The van der Waals surface area contributed by atoms with Gasteiger partial charge in [-0.3, -0.25) is 38.4 Å². The van der Waals surface area contributed by atoms with E-state index in [1.807, 2.05) is 60.5 Å². The number of carbonyl (C=O) groups excluding carboxylic acids is 5. The summed E-state index contributed by atoms with van der Waals surface area (Å²) in [6, 6.07) is 11.8. The highest BCUT2D eigenvalue weighted by molar-refractivity contribution is 7.13. The van der Waals surface area contributed by atoms with Crippen LogP contribution in [-0.4, -0.2) is 162 Å². The van der Waals surface area contributed by atoms with Gasteiger partial charge in [0.25, 0.3) is 5.91 Å². The molecule has 80 heavy (non-hydrogen) atoms. The van der Waals surface area contributed by atoms with E-state index in [1.165, 1.54) is 28.4 Å². The van der Waals surface area contributed by atoms with Crippen molar-refractivity contribution < 1.29 is 42.7 Å². The molecule has 24 heteroatoms. The van der Waals surface area contributed by atoms with Crippen molar-refractivity contribution in [3.05, 3.63) is 119 Å². The van der Waals surface area contributed by atoms with Crippen LogP contribution in [0.2, 0.25) is 0 Å². The topological polar surface area (TPSA) is 270 Å². The molecule has 2 saturated heterocycles. The summed E-state index contributed by atoms with van der Waals surface area (Å²) in [7, 11) is 0. The van der Waals surface area contributed by atoms with Crippen LogP contribution in [0.4, 0.5) is 15.9 Å². The highest BCUT2D eigenvalue weighted by atomic mass is 32.1. The maximum Gasteiger partial charge on any atom is 0.254 e. The number of carbonyl (C=O) groups is 5. The number of ether oxygens (including phenoxy) is 1. The zero-order valence-corrected chi connectivity index (χ0v) is 45.8. The molecule has 0 spiro atoms. The number of aliphatic hydroxyl groups is 1. The van der Waals surface area contributed by atoms with Crippen molar-refractivity contribution in [2.75, 3.05) is 70.9 Å². The van der Waals surface area contributed by atoms with E-state index in [2.05, 4.69) is 46.6 Å². The summed E-state index contributed by atoms with van der Waals surface area (Å²) in [5.41, 5.74) is 8.37. The summed E-state index contributed by atoms with van der Waals surface area (Å²) in [5, 5.41) is 33.5. The highest BCUT2D eigenvalue weighted by Gasteiger charge is 2.44. The van der Waals surface area contributed by atoms with Crippen LogP contribution in [0.1, 0.15) is 96.2 Å². The predicted octanol–water partition coefficient (Wildman–Crippen LogP) is 5.26. The number of hydrogen-bond acceptors (Lipinski definition) is 16. The Morgan fingerprint density at radius 3 is 2.36 bits per heavy atom. The SMILES string of the molecule is Cc1cc([C@H](C(=O)N2C[C@H](O)C[C@H]2C(=O)N[C@@H](CC(=O)NCCOCCNC(=O)CN2CCN(C(=O)c3ccc(Nc4nc(C5CC5)cn5c(-c6cn[nH]c6)cnc45)c(F)c3)CC2)c2ccc(-c3scnc3C)cc2)C(C)C)on1. The zero-order chi connectivity index (χ0) is 56.0. The molecule has 5 amide bonds. The Morgan fingerprint density at radius 1 is 0.938 bits per heavy atom. The van der Waals surface area contributed by atoms with E-state index in [0.717, 1.165) is 45.9 Å².